The van der Waals surface area contributed by atoms with Crippen LogP contribution in [0.2, 0.25) is 0 Å². The summed E-state index contributed by atoms with van der Waals surface area (Å²) in [4.78, 5) is 28.1. The number of nitrogens with one attached hydrogen (secondary N) is 1. The van der Waals surface area contributed by atoms with Gasteiger partial charge in [-0.05, 0) is 48.5 Å². The molecule has 0 aliphatic carbocycles. The molecule has 144 valence electrons. The van der Waals surface area contributed by atoms with E-state index in [0.717, 1.165) is 5.56 Å². The van der Waals surface area contributed by atoms with Crippen molar-refractivity contribution in [1.82, 2.24) is 10.3 Å². The molecule has 1 heterocycles. The van der Waals surface area contributed by atoms with Gasteiger partial charge >= 0.3 is 5.97 Å². The van der Waals surface area contributed by atoms with Crippen LogP contribution in [0.4, 0.5) is 8.78 Å². The van der Waals surface area contributed by atoms with Crippen LogP contribution in [-0.4, -0.2) is 35.8 Å². The van der Waals surface area contributed by atoms with Gasteiger partial charge in [-0.25, -0.2) is 9.78 Å². The van der Waals surface area contributed by atoms with E-state index < -0.39 is 23.7 Å². The average molecular weight is 396 g/mol. The van der Waals surface area contributed by atoms with Gasteiger partial charge in [-0.2, -0.15) is 8.78 Å². The molecule has 1 N–H and O–H groups in total. The van der Waals surface area contributed by atoms with Gasteiger partial charge in [0.1, 0.15) is 10.8 Å². The summed E-state index contributed by atoms with van der Waals surface area (Å²) >= 11 is 0.143. The van der Waals surface area contributed by atoms with E-state index in [1.807, 2.05) is 0 Å². The second-order valence-electron chi connectivity index (χ2n) is 5.35. The molecular weight excluding hydrogens is 378 g/mol. The molecule has 0 saturated heterocycles. The second-order valence-corrected chi connectivity index (χ2v) is 6.33. The summed E-state index contributed by atoms with van der Waals surface area (Å²) in [5, 5.41) is 2.49. The summed E-state index contributed by atoms with van der Waals surface area (Å²) in [7, 11) is 1.56. The Bertz CT molecular complexity index is 787. The van der Waals surface area contributed by atoms with Crippen LogP contribution in [-0.2, 0) is 16.1 Å². The van der Waals surface area contributed by atoms with Crippen LogP contribution in [0.15, 0.2) is 47.6 Å². The maximum Gasteiger partial charge on any atom is 0.341 e. The molecule has 1 atom stereocenters. The number of esters is 1. The first-order chi connectivity index (χ1) is 12.9. The topological polar surface area (TPSA) is 77.5 Å². The van der Waals surface area contributed by atoms with Gasteiger partial charge in [0.05, 0.1) is 12.7 Å². The van der Waals surface area contributed by atoms with Gasteiger partial charge in [-0.15, -0.1) is 0 Å². The van der Waals surface area contributed by atoms with Crippen molar-refractivity contribution in [3.8, 4) is 5.75 Å². The minimum Gasteiger partial charge on any atom is -0.497 e. The molecule has 1 aromatic heterocycles. The van der Waals surface area contributed by atoms with E-state index in [-0.39, 0.29) is 28.9 Å². The van der Waals surface area contributed by atoms with E-state index in [2.05, 4.69) is 10.3 Å². The molecule has 2 rings (SSSR count). The Morgan fingerprint density at radius 3 is 2.56 bits per heavy atom. The SMILES string of the molecule is COc1ccc(CNC(=O)[C@@H](C)OC(=O)c2cccnc2SC(F)F)cc1. The fraction of sp³-hybridized carbons (Fsp3) is 0.278. The van der Waals surface area contributed by atoms with Crippen LogP contribution < -0.4 is 10.1 Å². The van der Waals surface area contributed by atoms with Gasteiger partial charge < -0.3 is 14.8 Å². The average Bonchev–Trinajstić information content (AvgIpc) is 2.66. The van der Waals surface area contributed by atoms with E-state index in [1.165, 1.54) is 25.3 Å². The first-order valence-electron chi connectivity index (χ1n) is 7.92. The predicted molar refractivity (Wildman–Crippen MR) is 95.8 cm³/mol. The number of hydrogen-bond acceptors (Lipinski definition) is 6. The van der Waals surface area contributed by atoms with Crippen LogP contribution >= 0.6 is 11.8 Å². The Labute approximate surface area is 159 Å². The van der Waals surface area contributed by atoms with Crippen molar-refractivity contribution in [2.45, 2.75) is 30.4 Å². The molecule has 6 nitrogen and oxygen atoms in total. The Hall–Kier alpha value is -2.68. The van der Waals surface area contributed by atoms with Crippen molar-refractivity contribution in [2.24, 2.45) is 0 Å². The number of carbonyl (C=O) groups is 2. The molecule has 0 saturated carbocycles. The Morgan fingerprint density at radius 1 is 1.22 bits per heavy atom. The van der Waals surface area contributed by atoms with E-state index in [9.17, 15) is 18.4 Å². The summed E-state index contributed by atoms with van der Waals surface area (Å²) in [5.74, 6) is -3.43. The largest absolute Gasteiger partial charge is 0.497 e. The number of alkyl halides is 2. The minimum absolute atomic E-state index is 0.113. The van der Waals surface area contributed by atoms with E-state index in [4.69, 9.17) is 9.47 Å². The third kappa shape index (κ3) is 6.21. The zero-order valence-electron chi connectivity index (χ0n) is 14.6. The van der Waals surface area contributed by atoms with Crippen molar-refractivity contribution in [2.75, 3.05) is 7.11 Å². The fourth-order valence-electron chi connectivity index (χ4n) is 2.08. The van der Waals surface area contributed by atoms with E-state index >= 15 is 0 Å². The summed E-state index contributed by atoms with van der Waals surface area (Å²) < 4.78 is 35.3. The highest BCUT2D eigenvalue weighted by Gasteiger charge is 2.22. The van der Waals surface area contributed by atoms with Gasteiger partial charge in [-0.1, -0.05) is 12.1 Å². The number of halogens is 2. The lowest BCUT2D eigenvalue weighted by atomic mass is 10.2. The normalized spacial score (nSPS) is 11.7. The number of thioether (sulfide) groups is 1. The number of aromatic nitrogens is 1. The third-order valence-corrected chi connectivity index (χ3v) is 4.20. The summed E-state index contributed by atoms with van der Waals surface area (Å²) in [6.45, 7) is 1.64. The highest BCUT2D eigenvalue weighted by Crippen LogP contribution is 2.26. The highest BCUT2D eigenvalue weighted by atomic mass is 32.2. The first-order valence-corrected chi connectivity index (χ1v) is 8.80. The van der Waals surface area contributed by atoms with Gasteiger partial charge in [0.25, 0.3) is 11.7 Å². The van der Waals surface area contributed by atoms with Crippen LogP contribution in [0, 0.1) is 0 Å². The monoisotopic (exact) mass is 396 g/mol. The Kier molecular flexibility index (Phi) is 7.54. The van der Waals surface area contributed by atoms with Crippen LogP contribution in [0.25, 0.3) is 0 Å². The van der Waals surface area contributed by atoms with Gasteiger partial charge in [-0.3, -0.25) is 4.79 Å². The number of pyridine rings is 1. The summed E-state index contributed by atoms with van der Waals surface area (Å²) in [6, 6.07) is 9.85. The number of nitrogens with zero attached hydrogens (tertiary/aromatic N) is 1. The lowest BCUT2D eigenvalue weighted by Crippen LogP contribution is -2.35. The lowest BCUT2D eigenvalue weighted by Gasteiger charge is -2.14. The molecule has 0 fully saturated rings. The number of rotatable bonds is 8. The maximum absolute atomic E-state index is 12.6. The second kappa shape index (κ2) is 9.86. The number of carbonyl (C=O) groups excluding carboxylic acids is 2. The summed E-state index contributed by atoms with van der Waals surface area (Å²) in [6.07, 6.45) is 0.201. The Morgan fingerprint density at radius 2 is 1.93 bits per heavy atom. The summed E-state index contributed by atoms with van der Waals surface area (Å²) in [5.41, 5.74) is 0.725. The lowest BCUT2D eigenvalue weighted by molar-refractivity contribution is -0.129. The van der Waals surface area contributed by atoms with Crippen molar-refractivity contribution >= 4 is 23.6 Å². The molecule has 9 heteroatoms. The molecule has 0 aliphatic rings. The number of benzene rings is 1. The minimum atomic E-state index is -2.73. The van der Waals surface area contributed by atoms with Gasteiger partial charge in [0, 0.05) is 12.7 Å². The van der Waals surface area contributed by atoms with Crippen LogP contribution in [0.3, 0.4) is 0 Å². The molecule has 0 unspecified atom stereocenters. The zero-order chi connectivity index (χ0) is 19.8. The number of amides is 1. The molecule has 1 amide bonds. The molecular formula is C18H18F2N2O4S. The van der Waals surface area contributed by atoms with Crippen molar-refractivity contribution < 1.29 is 27.8 Å². The third-order valence-electron chi connectivity index (χ3n) is 3.47. The van der Waals surface area contributed by atoms with Crippen molar-refractivity contribution in [3.05, 3.63) is 53.7 Å². The maximum atomic E-state index is 12.6. The molecule has 1 aromatic carbocycles. The number of methoxy groups -OCH3 is 1. The van der Waals surface area contributed by atoms with Crippen molar-refractivity contribution in [3.63, 3.8) is 0 Å². The molecule has 0 spiro atoms. The standard InChI is InChI=1S/C18H18F2N2O4S/c1-11(15(23)22-10-12-5-7-13(25-2)8-6-12)26-17(24)14-4-3-9-21-16(14)27-18(19)20/h3-9,11,18H,10H2,1-2H3,(H,22,23)/t11-/m1/s1. The van der Waals surface area contributed by atoms with E-state index in [0.29, 0.717) is 5.75 Å². The smallest absolute Gasteiger partial charge is 0.341 e. The van der Waals surface area contributed by atoms with Gasteiger partial charge in [0.15, 0.2) is 6.10 Å². The zero-order valence-corrected chi connectivity index (χ0v) is 15.5. The fourth-order valence-corrected chi connectivity index (χ4v) is 2.65. The van der Waals surface area contributed by atoms with E-state index in [1.54, 1.807) is 31.4 Å². The first kappa shape index (κ1) is 20.6. The van der Waals surface area contributed by atoms with Crippen LogP contribution in [0.5, 0.6) is 5.75 Å². The van der Waals surface area contributed by atoms with Gasteiger partial charge in [0.2, 0.25) is 0 Å². The molecule has 0 bridgehead atoms. The molecule has 0 aliphatic heterocycles. The quantitative estimate of drug-likeness (QED) is 0.545. The van der Waals surface area contributed by atoms with Crippen molar-refractivity contribution in [1.29, 1.82) is 0 Å². The Balaban J connectivity index is 1.92. The number of ether oxygens (including phenoxy) is 2. The molecule has 0 radical (unpaired) electrons. The molecule has 27 heavy (non-hydrogen) atoms. The predicted octanol–water partition coefficient (Wildman–Crippen LogP) is 3.27. The number of hydrogen-bond donors (Lipinski definition) is 1. The molecule has 2 aromatic rings. The highest BCUT2D eigenvalue weighted by molar-refractivity contribution is 7.99. The van der Waals surface area contributed by atoms with Crippen LogP contribution in [0.1, 0.15) is 22.8 Å².